The largest absolute Gasteiger partial charge is 0.481 e. The molecule has 0 saturated carbocycles. The van der Waals surface area contributed by atoms with Crippen molar-refractivity contribution in [2.45, 2.75) is 32.7 Å². The molecular formula is C26H25F3N2O3. The second-order valence-corrected chi connectivity index (χ2v) is 7.71. The number of carboxylic acids is 1. The fourth-order valence-corrected chi connectivity index (χ4v) is 3.33. The third kappa shape index (κ3) is 7.18. The quantitative estimate of drug-likeness (QED) is 0.221. The van der Waals surface area contributed by atoms with Crippen molar-refractivity contribution in [1.82, 2.24) is 5.32 Å². The van der Waals surface area contributed by atoms with Crippen molar-refractivity contribution in [1.29, 1.82) is 0 Å². The number of halogens is 3. The van der Waals surface area contributed by atoms with Crippen LogP contribution in [0.25, 0.3) is 11.1 Å². The highest BCUT2D eigenvalue weighted by molar-refractivity contribution is 5.98. The normalized spacial score (nSPS) is 11.9. The fourth-order valence-electron chi connectivity index (χ4n) is 3.33. The van der Waals surface area contributed by atoms with Gasteiger partial charge in [-0.3, -0.25) is 4.79 Å². The standard InChI is InChI=1S/C26H25F3N2O3/c1-18(21-10-7-19(8-11-21)16-30-14-13-25(32)33)31-34-17-20-9-12-23(22-5-3-2-4-6-22)24(15-20)26(27,28)29/h2-12,15,30H,13-14,16-17H2,1H3,(H,32,33)/b31-18-. The monoisotopic (exact) mass is 470 g/mol. The Morgan fingerprint density at radius 1 is 1.00 bits per heavy atom. The van der Waals surface area contributed by atoms with Crippen molar-refractivity contribution in [3.8, 4) is 11.1 Å². The number of oxime groups is 1. The van der Waals surface area contributed by atoms with Crippen LogP contribution in [0.15, 0.2) is 78.0 Å². The molecule has 34 heavy (non-hydrogen) atoms. The Morgan fingerprint density at radius 3 is 2.32 bits per heavy atom. The van der Waals surface area contributed by atoms with Crippen molar-refractivity contribution in [2.75, 3.05) is 6.54 Å². The van der Waals surface area contributed by atoms with Gasteiger partial charge in [0.05, 0.1) is 17.7 Å². The van der Waals surface area contributed by atoms with Gasteiger partial charge in [-0.2, -0.15) is 13.2 Å². The zero-order valence-electron chi connectivity index (χ0n) is 18.6. The van der Waals surface area contributed by atoms with Gasteiger partial charge in [0.25, 0.3) is 0 Å². The number of benzene rings is 3. The minimum absolute atomic E-state index is 0.0562. The van der Waals surface area contributed by atoms with E-state index in [9.17, 15) is 18.0 Å². The third-order valence-corrected chi connectivity index (χ3v) is 5.12. The molecule has 5 nitrogen and oxygen atoms in total. The lowest BCUT2D eigenvalue weighted by Crippen LogP contribution is -2.17. The second kappa shape index (κ2) is 11.5. The smallest absolute Gasteiger partial charge is 0.417 e. The summed E-state index contributed by atoms with van der Waals surface area (Å²) in [6.45, 7) is 2.58. The lowest BCUT2D eigenvalue weighted by atomic mass is 9.97. The van der Waals surface area contributed by atoms with Crippen LogP contribution in [-0.4, -0.2) is 23.3 Å². The fraction of sp³-hybridized carbons (Fsp3) is 0.231. The van der Waals surface area contributed by atoms with Gasteiger partial charge in [0.1, 0.15) is 6.61 Å². The van der Waals surface area contributed by atoms with Gasteiger partial charge in [-0.1, -0.05) is 71.9 Å². The number of hydrogen-bond donors (Lipinski definition) is 2. The highest BCUT2D eigenvalue weighted by Crippen LogP contribution is 2.37. The first-order valence-corrected chi connectivity index (χ1v) is 10.7. The van der Waals surface area contributed by atoms with Crippen molar-refractivity contribution < 1.29 is 27.9 Å². The molecule has 0 heterocycles. The molecule has 8 heteroatoms. The average molecular weight is 470 g/mol. The van der Waals surface area contributed by atoms with E-state index in [1.165, 1.54) is 6.07 Å². The predicted octanol–water partition coefficient (Wildman–Crippen LogP) is 5.88. The minimum atomic E-state index is -4.50. The minimum Gasteiger partial charge on any atom is -0.481 e. The molecule has 2 N–H and O–H groups in total. The SMILES string of the molecule is C/C(=N/OCc1ccc(-c2ccccc2)c(C(F)(F)F)c1)c1ccc(CNCCC(=O)O)cc1. The maximum Gasteiger partial charge on any atom is 0.417 e. The van der Waals surface area contributed by atoms with Gasteiger partial charge in [0.2, 0.25) is 0 Å². The Morgan fingerprint density at radius 2 is 1.68 bits per heavy atom. The first-order chi connectivity index (χ1) is 16.2. The van der Waals surface area contributed by atoms with Gasteiger partial charge < -0.3 is 15.3 Å². The third-order valence-electron chi connectivity index (χ3n) is 5.12. The van der Waals surface area contributed by atoms with Gasteiger partial charge in [0.15, 0.2) is 0 Å². The topological polar surface area (TPSA) is 70.9 Å². The number of alkyl halides is 3. The van der Waals surface area contributed by atoms with Gasteiger partial charge in [-0.25, -0.2) is 0 Å². The summed E-state index contributed by atoms with van der Waals surface area (Å²) in [5.74, 6) is -0.851. The van der Waals surface area contributed by atoms with E-state index in [1.807, 2.05) is 24.3 Å². The molecule has 0 fully saturated rings. The zero-order valence-corrected chi connectivity index (χ0v) is 18.6. The van der Waals surface area contributed by atoms with E-state index in [2.05, 4.69) is 10.5 Å². The van der Waals surface area contributed by atoms with E-state index in [0.717, 1.165) is 17.2 Å². The average Bonchev–Trinajstić information content (AvgIpc) is 2.82. The number of carboxylic acid groups (broad SMARTS) is 1. The predicted molar refractivity (Wildman–Crippen MR) is 124 cm³/mol. The summed E-state index contributed by atoms with van der Waals surface area (Å²) in [6, 6.07) is 20.1. The van der Waals surface area contributed by atoms with Gasteiger partial charge in [-0.05, 0) is 40.8 Å². The molecule has 0 aromatic heterocycles. The number of carbonyl (C=O) groups is 1. The van der Waals surface area contributed by atoms with Crippen molar-refractivity contribution in [2.24, 2.45) is 5.16 Å². The molecule has 3 aromatic rings. The first kappa shape index (κ1) is 25.0. The van der Waals surface area contributed by atoms with Gasteiger partial charge >= 0.3 is 12.1 Å². The van der Waals surface area contributed by atoms with Crippen molar-refractivity contribution >= 4 is 11.7 Å². The Balaban J connectivity index is 1.62. The lowest BCUT2D eigenvalue weighted by molar-refractivity contribution is -0.138. The zero-order chi connectivity index (χ0) is 24.6. The van der Waals surface area contributed by atoms with E-state index in [1.54, 1.807) is 43.3 Å². The van der Waals surface area contributed by atoms with Crippen molar-refractivity contribution in [3.63, 3.8) is 0 Å². The molecule has 0 aliphatic carbocycles. The van der Waals surface area contributed by atoms with Crippen molar-refractivity contribution in [3.05, 3.63) is 95.1 Å². The molecular weight excluding hydrogens is 445 g/mol. The van der Waals surface area contributed by atoms with Crippen LogP contribution in [0.3, 0.4) is 0 Å². The van der Waals surface area contributed by atoms with Crippen LogP contribution < -0.4 is 5.32 Å². The Hall–Kier alpha value is -3.65. The van der Waals surface area contributed by atoms with E-state index in [-0.39, 0.29) is 18.6 Å². The van der Waals surface area contributed by atoms with E-state index in [4.69, 9.17) is 9.94 Å². The number of hydrogen-bond acceptors (Lipinski definition) is 4. The van der Waals surface area contributed by atoms with E-state index >= 15 is 0 Å². The summed E-state index contributed by atoms with van der Waals surface area (Å²) in [7, 11) is 0. The summed E-state index contributed by atoms with van der Waals surface area (Å²) in [5.41, 5.74) is 2.65. The Kier molecular flexibility index (Phi) is 8.43. The first-order valence-electron chi connectivity index (χ1n) is 10.7. The molecule has 3 rings (SSSR count). The van der Waals surface area contributed by atoms with E-state index < -0.39 is 17.7 Å². The highest BCUT2D eigenvalue weighted by Gasteiger charge is 2.34. The highest BCUT2D eigenvalue weighted by atomic mass is 19.4. The summed E-state index contributed by atoms with van der Waals surface area (Å²) in [6.07, 6.45) is -4.44. The molecule has 0 aliphatic heterocycles. The lowest BCUT2D eigenvalue weighted by Gasteiger charge is -2.14. The number of rotatable bonds is 10. The second-order valence-electron chi connectivity index (χ2n) is 7.71. The molecule has 0 aliphatic rings. The summed E-state index contributed by atoms with van der Waals surface area (Å²) in [4.78, 5) is 15.9. The van der Waals surface area contributed by atoms with Crippen LogP contribution >= 0.6 is 0 Å². The Labute approximate surface area is 195 Å². The molecule has 178 valence electrons. The molecule has 0 atom stereocenters. The number of aliphatic carboxylic acids is 1. The molecule has 0 saturated heterocycles. The van der Waals surface area contributed by atoms with Gasteiger partial charge in [-0.15, -0.1) is 0 Å². The van der Waals surface area contributed by atoms with E-state index in [0.29, 0.717) is 29.9 Å². The van der Waals surface area contributed by atoms with Gasteiger partial charge in [0, 0.05) is 13.1 Å². The molecule has 0 radical (unpaired) electrons. The van der Waals surface area contributed by atoms with Crippen LogP contribution in [0, 0.1) is 0 Å². The van der Waals surface area contributed by atoms with Crippen LogP contribution in [0.2, 0.25) is 0 Å². The molecule has 0 bridgehead atoms. The summed E-state index contributed by atoms with van der Waals surface area (Å²) < 4.78 is 41.0. The number of nitrogens with one attached hydrogen (secondary N) is 1. The summed E-state index contributed by atoms with van der Waals surface area (Å²) >= 11 is 0. The molecule has 0 spiro atoms. The van der Waals surface area contributed by atoms with Crippen LogP contribution in [0.5, 0.6) is 0 Å². The Bertz CT molecular complexity index is 1130. The maximum absolute atomic E-state index is 13.7. The maximum atomic E-state index is 13.7. The van der Waals surface area contributed by atoms with Crippen LogP contribution in [0.4, 0.5) is 13.2 Å². The molecule has 0 unspecified atom stereocenters. The summed E-state index contributed by atoms with van der Waals surface area (Å²) in [5, 5.41) is 15.7. The molecule has 3 aromatic carbocycles. The van der Waals surface area contributed by atoms with Crippen LogP contribution in [-0.2, 0) is 29.0 Å². The van der Waals surface area contributed by atoms with Crippen LogP contribution in [0.1, 0.15) is 35.6 Å². The number of nitrogens with zero attached hydrogens (tertiary/aromatic N) is 1. The molecule has 0 amide bonds.